The monoisotopic (exact) mass is 233 g/mol. The van der Waals surface area contributed by atoms with Gasteiger partial charge < -0.3 is 5.32 Å². The molecule has 0 bridgehead atoms. The van der Waals surface area contributed by atoms with E-state index in [1.807, 2.05) is 19.9 Å². The topological polar surface area (TPSA) is 37.8 Å². The van der Waals surface area contributed by atoms with Crippen LogP contribution in [0.3, 0.4) is 0 Å². The maximum absolute atomic E-state index is 4.45. The lowest BCUT2D eigenvalue weighted by Gasteiger charge is -2.28. The Balaban J connectivity index is 1.99. The summed E-state index contributed by atoms with van der Waals surface area (Å²) in [6.45, 7) is 6.30. The second-order valence-electron chi connectivity index (χ2n) is 5.31. The highest BCUT2D eigenvalue weighted by Crippen LogP contribution is 2.27. The van der Waals surface area contributed by atoms with E-state index in [0.29, 0.717) is 6.04 Å². The molecule has 1 fully saturated rings. The van der Waals surface area contributed by atoms with Crippen molar-refractivity contribution in [3.8, 4) is 0 Å². The first-order valence-electron chi connectivity index (χ1n) is 6.74. The van der Waals surface area contributed by atoms with E-state index in [9.17, 15) is 0 Å². The summed E-state index contributed by atoms with van der Waals surface area (Å²) < 4.78 is 0. The van der Waals surface area contributed by atoms with E-state index in [-0.39, 0.29) is 0 Å². The molecule has 0 radical (unpaired) electrons. The van der Waals surface area contributed by atoms with Gasteiger partial charge in [0.25, 0.3) is 0 Å². The van der Waals surface area contributed by atoms with E-state index in [1.165, 1.54) is 32.1 Å². The number of hydrogen-bond acceptors (Lipinski definition) is 3. The van der Waals surface area contributed by atoms with Gasteiger partial charge in [-0.2, -0.15) is 0 Å². The Bertz CT molecular complexity index is 349. The smallest absolute Gasteiger partial charge is 0.223 e. The lowest BCUT2D eigenvalue weighted by atomic mass is 9.85. The van der Waals surface area contributed by atoms with Crippen molar-refractivity contribution in [2.75, 3.05) is 5.32 Å². The molecule has 1 heterocycles. The van der Waals surface area contributed by atoms with Crippen LogP contribution in [0.2, 0.25) is 0 Å². The zero-order valence-corrected chi connectivity index (χ0v) is 11.2. The first-order valence-corrected chi connectivity index (χ1v) is 6.74. The highest BCUT2D eigenvalue weighted by molar-refractivity contribution is 5.29. The van der Waals surface area contributed by atoms with Gasteiger partial charge >= 0.3 is 0 Å². The van der Waals surface area contributed by atoms with Gasteiger partial charge in [0, 0.05) is 17.4 Å². The molecule has 1 N–H and O–H groups in total. The Morgan fingerprint density at radius 3 is 2.29 bits per heavy atom. The first-order chi connectivity index (χ1) is 8.15. The van der Waals surface area contributed by atoms with Gasteiger partial charge in [-0.3, -0.25) is 0 Å². The van der Waals surface area contributed by atoms with Crippen molar-refractivity contribution in [1.29, 1.82) is 0 Å². The van der Waals surface area contributed by atoms with Crippen LogP contribution < -0.4 is 5.32 Å². The lowest BCUT2D eigenvalue weighted by molar-refractivity contribution is 0.327. The van der Waals surface area contributed by atoms with Gasteiger partial charge in [0.1, 0.15) is 0 Å². The number of hydrogen-bond donors (Lipinski definition) is 1. The number of nitrogens with zero attached hydrogens (tertiary/aromatic N) is 2. The molecule has 17 heavy (non-hydrogen) atoms. The third kappa shape index (κ3) is 3.42. The molecule has 1 aromatic heterocycles. The second kappa shape index (κ2) is 5.48. The quantitative estimate of drug-likeness (QED) is 0.868. The summed E-state index contributed by atoms with van der Waals surface area (Å²) in [5, 5.41) is 3.47. The van der Waals surface area contributed by atoms with Gasteiger partial charge in [0.2, 0.25) is 5.95 Å². The summed E-state index contributed by atoms with van der Waals surface area (Å²) in [7, 11) is 0. The van der Waals surface area contributed by atoms with E-state index in [0.717, 1.165) is 23.3 Å². The number of anilines is 1. The zero-order chi connectivity index (χ0) is 12.3. The van der Waals surface area contributed by atoms with Crippen molar-refractivity contribution >= 4 is 5.95 Å². The Labute approximate surface area is 104 Å². The summed E-state index contributed by atoms with van der Waals surface area (Å²) in [5.74, 6) is 1.58. The predicted molar refractivity (Wildman–Crippen MR) is 71.2 cm³/mol. The fourth-order valence-corrected chi connectivity index (χ4v) is 2.75. The van der Waals surface area contributed by atoms with Crippen LogP contribution >= 0.6 is 0 Å². The molecule has 94 valence electrons. The van der Waals surface area contributed by atoms with Crippen molar-refractivity contribution in [2.45, 2.75) is 58.9 Å². The van der Waals surface area contributed by atoms with Gasteiger partial charge in [-0.1, -0.05) is 19.3 Å². The van der Waals surface area contributed by atoms with Crippen LogP contribution in [0.25, 0.3) is 0 Å². The van der Waals surface area contributed by atoms with Crippen LogP contribution in [-0.4, -0.2) is 16.0 Å². The maximum atomic E-state index is 4.45. The average molecular weight is 233 g/mol. The van der Waals surface area contributed by atoms with E-state index < -0.39 is 0 Å². The molecule has 0 spiro atoms. The molecule has 0 aromatic carbocycles. The van der Waals surface area contributed by atoms with Gasteiger partial charge in [0.05, 0.1) is 0 Å². The summed E-state index contributed by atoms with van der Waals surface area (Å²) in [4.78, 5) is 8.89. The van der Waals surface area contributed by atoms with E-state index in [2.05, 4.69) is 22.2 Å². The molecular weight excluding hydrogens is 210 g/mol. The maximum Gasteiger partial charge on any atom is 0.223 e. The van der Waals surface area contributed by atoms with Crippen molar-refractivity contribution < 1.29 is 0 Å². The molecule has 3 nitrogen and oxygen atoms in total. The third-order valence-corrected chi connectivity index (χ3v) is 3.70. The van der Waals surface area contributed by atoms with Crippen molar-refractivity contribution in [3.63, 3.8) is 0 Å². The fourth-order valence-electron chi connectivity index (χ4n) is 2.75. The van der Waals surface area contributed by atoms with Crippen LogP contribution in [0.15, 0.2) is 6.07 Å². The van der Waals surface area contributed by atoms with Gasteiger partial charge in [0.15, 0.2) is 0 Å². The van der Waals surface area contributed by atoms with E-state index in [1.54, 1.807) is 0 Å². The molecule has 1 atom stereocenters. The Morgan fingerprint density at radius 2 is 1.71 bits per heavy atom. The molecule has 1 aromatic rings. The van der Waals surface area contributed by atoms with Crippen LogP contribution in [0.4, 0.5) is 5.95 Å². The number of nitrogens with one attached hydrogen (secondary N) is 1. The van der Waals surface area contributed by atoms with Gasteiger partial charge in [-0.15, -0.1) is 0 Å². The van der Waals surface area contributed by atoms with Crippen molar-refractivity contribution in [2.24, 2.45) is 5.92 Å². The zero-order valence-electron chi connectivity index (χ0n) is 11.2. The largest absolute Gasteiger partial charge is 0.351 e. The lowest BCUT2D eigenvalue weighted by Crippen LogP contribution is -2.28. The van der Waals surface area contributed by atoms with Crippen LogP contribution in [0.1, 0.15) is 50.4 Å². The first kappa shape index (κ1) is 12.3. The fraction of sp³-hybridized carbons (Fsp3) is 0.714. The molecule has 1 aliphatic rings. The van der Waals surface area contributed by atoms with Crippen molar-refractivity contribution in [1.82, 2.24) is 9.97 Å². The summed E-state index contributed by atoms with van der Waals surface area (Å²) in [6, 6.07) is 2.49. The SMILES string of the molecule is Cc1cc(C)nc(NC(C)C2CCCCC2)n1. The van der Waals surface area contributed by atoms with E-state index >= 15 is 0 Å². The number of aryl methyl sites for hydroxylation is 2. The molecule has 3 heteroatoms. The normalized spacial score (nSPS) is 19.0. The van der Waals surface area contributed by atoms with Crippen molar-refractivity contribution in [3.05, 3.63) is 17.5 Å². The highest BCUT2D eigenvalue weighted by atomic mass is 15.1. The van der Waals surface area contributed by atoms with Gasteiger partial charge in [-0.25, -0.2) is 9.97 Å². The minimum atomic E-state index is 0.483. The Hall–Kier alpha value is -1.12. The van der Waals surface area contributed by atoms with E-state index in [4.69, 9.17) is 0 Å². The molecule has 1 aliphatic carbocycles. The minimum Gasteiger partial charge on any atom is -0.351 e. The Morgan fingerprint density at radius 1 is 1.12 bits per heavy atom. The minimum absolute atomic E-state index is 0.483. The standard InChI is InChI=1S/C14H23N3/c1-10-9-11(2)16-14(15-10)17-12(3)13-7-5-4-6-8-13/h9,12-13H,4-8H2,1-3H3,(H,15,16,17). The molecule has 0 saturated heterocycles. The second-order valence-corrected chi connectivity index (χ2v) is 5.31. The van der Waals surface area contributed by atoms with Crippen LogP contribution in [0.5, 0.6) is 0 Å². The van der Waals surface area contributed by atoms with Crippen LogP contribution in [-0.2, 0) is 0 Å². The average Bonchev–Trinajstić information content (AvgIpc) is 2.28. The number of rotatable bonds is 3. The highest BCUT2D eigenvalue weighted by Gasteiger charge is 2.20. The predicted octanol–water partition coefficient (Wildman–Crippen LogP) is 3.47. The van der Waals surface area contributed by atoms with Gasteiger partial charge in [-0.05, 0) is 45.6 Å². The molecular formula is C14H23N3. The summed E-state index contributed by atoms with van der Waals surface area (Å²) in [6.07, 6.45) is 6.86. The summed E-state index contributed by atoms with van der Waals surface area (Å²) in [5.41, 5.74) is 2.08. The van der Waals surface area contributed by atoms with Crippen LogP contribution in [0, 0.1) is 19.8 Å². The third-order valence-electron chi connectivity index (χ3n) is 3.70. The Kier molecular flexibility index (Phi) is 3.97. The summed E-state index contributed by atoms with van der Waals surface area (Å²) >= 11 is 0. The molecule has 1 saturated carbocycles. The molecule has 0 amide bonds. The molecule has 1 unspecified atom stereocenters. The molecule has 2 rings (SSSR count). The molecule has 0 aliphatic heterocycles. The number of aromatic nitrogens is 2.